The Labute approximate surface area is 66.1 Å². The molecule has 1 N–H and O–H groups in total. The molecule has 0 saturated heterocycles. The molecule has 11 heavy (non-hydrogen) atoms. The van der Waals surface area contributed by atoms with Crippen LogP contribution in [0, 0.1) is 4.78 Å². The van der Waals surface area contributed by atoms with Crippen molar-refractivity contribution in [2.45, 2.75) is 0 Å². The van der Waals surface area contributed by atoms with Gasteiger partial charge in [-0.3, -0.25) is 4.79 Å². The van der Waals surface area contributed by atoms with Gasteiger partial charge in [0.25, 0.3) is 5.12 Å². The second-order valence-electron chi connectivity index (χ2n) is 1.97. The minimum absolute atomic E-state index is 0.337. The number of hydrogen-bond donors (Lipinski definition) is 2. The largest absolute Gasteiger partial charge is 0.278 e. The van der Waals surface area contributed by atoms with E-state index in [1.165, 1.54) is 0 Å². The van der Waals surface area contributed by atoms with E-state index in [1.54, 1.807) is 30.3 Å². The molecule has 0 spiro atoms. The topological polar surface area (TPSA) is 58.0 Å². The first-order valence-corrected chi connectivity index (χ1v) is 4.25. The second-order valence-corrected chi connectivity index (χ2v) is 2.96. The van der Waals surface area contributed by atoms with Gasteiger partial charge in [0.15, 0.2) is 0 Å². The van der Waals surface area contributed by atoms with Gasteiger partial charge in [0.2, 0.25) is 0 Å². The van der Waals surface area contributed by atoms with Crippen molar-refractivity contribution in [3.63, 3.8) is 0 Å². The number of benzene rings is 1. The molecule has 0 heterocycles. The molecule has 1 aromatic carbocycles. The van der Waals surface area contributed by atoms with Crippen LogP contribution in [0.2, 0.25) is 0 Å². The maximum absolute atomic E-state index is 10.9. The molecule has 0 aromatic heterocycles. The number of rotatable bonds is 1. The Bertz CT molecular complexity index is 322. The fourth-order valence-electron chi connectivity index (χ4n) is 0.698. The van der Waals surface area contributed by atoms with Gasteiger partial charge in [0, 0.05) is 5.56 Å². The van der Waals surface area contributed by atoms with Gasteiger partial charge in [-0.2, -0.15) is 0 Å². The van der Waals surface area contributed by atoms with Crippen LogP contribution < -0.4 is 0 Å². The lowest BCUT2D eigenvalue weighted by Gasteiger charge is -1.90. The van der Waals surface area contributed by atoms with Crippen LogP contribution in [0.4, 0.5) is 0 Å². The molecule has 0 amide bonds. The van der Waals surface area contributed by atoms with Crippen molar-refractivity contribution in [1.29, 1.82) is 4.78 Å². The zero-order valence-electron chi connectivity index (χ0n) is 5.65. The fraction of sp³-hybridized carbons (Fsp3) is 0. The molecule has 0 aliphatic heterocycles. The highest BCUT2D eigenvalue weighted by atomic mass is 32.2. The maximum Gasteiger partial charge on any atom is 0.254 e. The molecule has 0 fully saturated rings. The summed E-state index contributed by atoms with van der Waals surface area (Å²) in [5.41, 5.74) is 0.337. The fourth-order valence-corrected chi connectivity index (χ4v) is 1.08. The van der Waals surface area contributed by atoms with Crippen molar-refractivity contribution in [2.24, 2.45) is 0 Å². The Morgan fingerprint density at radius 1 is 1.27 bits per heavy atom. The van der Waals surface area contributed by atoms with E-state index in [2.05, 4.69) is 0 Å². The summed E-state index contributed by atoms with van der Waals surface area (Å²) in [6.45, 7) is 0. The van der Waals surface area contributed by atoms with Crippen molar-refractivity contribution in [2.75, 3.05) is 0 Å². The number of carbonyl (C=O) groups excluding carboxylic acids is 1. The van der Waals surface area contributed by atoms with Gasteiger partial charge in [-0.1, -0.05) is 30.3 Å². The molecular formula is C7H7NO2S. The van der Waals surface area contributed by atoms with Crippen LogP contribution in [0.1, 0.15) is 10.4 Å². The first kappa shape index (κ1) is 7.94. The minimum Gasteiger partial charge on any atom is -0.278 e. The standard InChI is InChI=1S/C7H7NO2S/c8-11(10)7(9)6-4-2-1-3-5-6/h1-5,8,11H. The average molecular weight is 169 g/mol. The van der Waals surface area contributed by atoms with Crippen LogP contribution in [0.25, 0.3) is 0 Å². The Kier molecular flexibility index (Phi) is 2.38. The number of thiol groups is 1. The molecule has 0 bridgehead atoms. The lowest BCUT2D eigenvalue weighted by molar-refractivity contribution is 0.108. The molecule has 0 radical (unpaired) electrons. The van der Waals surface area contributed by atoms with E-state index in [0.717, 1.165) is 0 Å². The number of carbonyl (C=O) groups is 1. The van der Waals surface area contributed by atoms with Gasteiger partial charge in [0.05, 0.1) is 0 Å². The monoisotopic (exact) mass is 169 g/mol. The van der Waals surface area contributed by atoms with E-state index in [-0.39, 0.29) is 0 Å². The minimum atomic E-state index is -2.48. The van der Waals surface area contributed by atoms with Crippen molar-refractivity contribution >= 4 is 15.7 Å². The SMILES string of the molecule is N=[SH](=O)C(=O)c1ccccc1. The van der Waals surface area contributed by atoms with E-state index in [9.17, 15) is 9.00 Å². The first-order valence-electron chi connectivity index (χ1n) is 2.99. The highest BCUT2D eigenvalue weighted by molar-refractivity contribution is 7.90. The van der Waals surface area contributed by atoms with Crippen molar-refractivity contribution < 1.29 is 9.00 Å². The van der Waals surface area contributed by atoms with E-state index < -0.39 is 15.7 Å². The summed E-state index contributed by atoms with van der Waals surface area (Å²) in [5, 5.41) is -0.611. The van der Waals surface area contributed by atoms with Crippen LogP contribution in [-0.4, -0.2) is 9.32 Å². The maximum atomic E-state index is 10.9. The first-order chi connectivity index (χ1) is 5.22. The third-order valence-electron chi connectivity index (χ3n) is 1.21. The summed E-state index contributed by atoms with van der Waals surface area (Å²) in [6, 6.07) is 8.19. The Balaban J connectivity index is 3.04. The normalized spacial score (nSPS) is 12.4. The van der Waals surface area contributed by atoms with Crippen molar-refractivity contribution in [1.82, 2.24) is 0 Å². The molecule has 1 unspecified atom stereocenters. The van der Waals surface area contributed by atoms with E-state index >= 15 is 0 Å². The van der Waals surface area contributed by atoms with Crippen molar-refractivity contribution in [3.05, 3.63) is 35.9 Å². The van der Waals surface area contributed by atoms with Crippen LogP contribution in [0.15, 0.2) is 30.3 Å². The smallest absolute Gasteiger partial charge is 0.254 e. The quantitative estimate of drug-likeness (QED) is 0.618. The molecular weight excluding hydrogens is 162 g/mol. The predicted octanol–water partition coefficient (Wildman–Crippen LogP) is 1.07. The zero-order valence-corrected chi connectivity index (χ0v) is 6.54. The number of hydrogen-bond acceptors (Lipinski definition) is 3. The second kappa shape index (κ2) is 3.30. The summed E-state index contributed by atoms with van der Waals surface area (Å²) < 4.78 is 17.1. The Morgan fingerprint density at radius 3 is 2.27 bits per heavy atom. The molecule has 0 saturated carbocycles. The number of nitrogens with one attached hydrogen (secondary N) is 1. The van der Waals surface area contributed by atoms with Gasteiger partial charge in [-0.25, -0.2) is 8.99 Å². The van der Waals surface area contributed by atoms with E-state index in [0.29, 0.717) is 5.56 Å². The van der Waals surface area contributed by atoms with Crippen molar-refractivity contribution in [3.8, 4) is 0 Å². The van der Waals surface area contributed by atoms with E-state index in [1.807, 2.05) is 0 Å². The molecule has 0 aliphatic carbocycles. The summed E-state index contributed by atoms with van der Waals surface area (Å²) >= 11 is 0. The predicted molar refractivity (Wildman–Crippen MR) is 43.0 cm³/mol. The highest BCUT2D eigenvalue weighted by Crippen LogP contribution is 1.99. The van der Waals surface area contributed by atoms with Gasteiger partial charge in [-0.05, 0) is 0 Å². The highest BCUT2D eigenvalue weighted by Gasteiger charge is 2.02. The molecule has 1 atom stereocenters. The lowest BCUT2D eigenvalue weighted by atomic mass is 10.2. The van der Waals surface area contributed by atoms with Crippen LogP contribution in [-0.2, 0) is 10.6 Å². The molecule has 3 nitrogen and oxygen atoms in total. The lowest BCUT2D eigenvalue weighted by Crippen LogP contribution is -1.97. The summed E-state index contributed by atoms with van der Waals surface area (Å²) in [6.07, 6.45) is 0. The zero-order chi connectivity index (χ0) is 8.27. The summed E-state index contributed by atoms with van der Waals surface area (Å²) in [7, 11) is -2.48. The summed E-state index contributed by atoms with van der Waals surface area (Å²) in [5.74, 6) is 0. The molecule has 0 aliphatic rings. The third kappa shape index (κ3) is 1.88. The van der Waals surface area contributed by atoms with Gasteiger partial charge < -0.3 is 0 Å². The van der Waals surface area contributed by atoms with Gasteiger partial charge in [-0.15, -0.1) is 0 Å². The average Bonchev–Trinajstić information content (AvgIpc) is 2.05. The van der Waals surface area contributed by atoms with E-state index in [4.69, 9.17) is 4.78 Å². The van der Waals surface area contributed by atoms with Gasteiger partial charge in [0.1, 0.15) is 10.6 Å². The van der Waals surface area contributed by atoms with Crippen LogP contribution >= 0.6 is 0 Å². The van der Waals surface area contributed by atoms with Crippen LogP contribution in [0.3, 0.4) is 0 Å². The molecule has 1 aromatic rings. The molecule has 58 valence electrons. The third-order valence-corrected chi connectivity index (χ3v) is 1.83. The summed E-state index contributed by atoms with van der Waals surface area (Å²) in [4.78, 5) is 10.9. The van der Waals surface area contributed by atoms with Crippen LogP contribution in [0.5, 0.6) is 0 Å². The Morgan fingerprint density at radius 2 is 1.82 bits per heavy atom. The molecule has 1 rings (SSSR count). The van der Waals surface area contributed by atoms with Gasteiger partial charge >= 0.3 is 0 Å². The Hall–Kier alpha value is -1.16. The molecule has 4 heteroatoms.